The smallest absolute Gasteiger partial charge is 0.253 e. The molecule has 0 saturated carbocycles. The summed E-state index contributed by atoms with van der Waals surface area (Å²) in [5, 5.41) is 15.7. The summed E-state index contributed by atoms with van der Waals surface area (Å²) in [7, 11) is 1.51. The lowest BCUT2D eigenvalue weighted by atomic mass is 10.1. The molecule has 0 aliphatic carbocycles. The molecule has 0 saturated heterocycles. The lowest BCUT2D eigenvalue weighted by molar-refractivity contribution is 0.0610. The summed E-state index contributed by atoms with van der Waals surface area (Å²) < 4.78 is 4.86. The SMILES string of the molecule is COCC(O)CNC(=O)c1ccccc1Nc1cccc(C)c1C. The van der Waals surface area contributed by atoms with Gasteiger partial charge >= 0.3 is 0 Å². The molecule has 1 amide bonds. The number of ether oxygens (including phenoxy) is 1. The van der Waals surface area contributed by atoms with Gasteiger partial charge in [-0.1, -0.05) is 24.3 Å². The van der Waals surface area contributed by atoms with Gasteiger partial charge in [0.1, 0.15) is 0 Å². The molecule has 0 radical (unpaired) electrons. The second kappa shape index (κ2) is 8.47. The molecule has 5 heteroatoms. The van der Waals surface area contributed by atoms with Crippen molar-refractivity contribution >= 4 is 17.3 Å². The van der Waals surface area contributed by atoms with Crippen LogP contribution in [-0.2, 0) is 4.74 Å². The fourth-order valence-electron chi connectivity index (χ4n) is 2.38. The zero-order chi connectivity index (χ0) is 17.5. The van der Waals surface area contributed by atoms with Crippen LogP contribution in [0.4, 0.5) is 11.4 Å². The van der Waals surface area contributed by atoms with Crippen LogP contribution in [0.15, 0.2) is 42.5 Å². The Morgan fingerprint density at radius 1 is 1.12 bits per heavy atom. The van der Waals surface area contributed by atoms with E-state index >= 15 is 0 Å². The first kappa shape index (κ1) is 18.0. The summed E-state index contributed by atoms with van der Waals surface area (Å²) in [6.45, 7) is 4.42. The van der Waals surface area contributed by atoms with Crippen molar-refractivity contribution in [2.24, 2.45) is 0 Å². The van der Waals surface area contributed by atoms with Gasteiger partial charge in [-0.3, -0.25) is 4.79 Å². The van der Waals surface area contributed by atoms with Gasteiger partial charge < -0.3 is 20.5 Å². The first-order chi connectivity index (χ1) is 11.5. The summed E-state index contributed by atoms with van der Waals surface area (Å²) in [4.78, 5) is 12.4. The van der Waals surface area contributed by atoms with E-state index in [-0.39, 0.29) is 19.1 Å². The van der Waals surface area contributed by atoms with Crippen LogP contribution in [0.25, 0.3) is 0 Å². The summed E-state index contributed by atoms with van der Waals surface area (Å²) in [5.41, 5.74) is 4.55. The van der Waals surface area contributed by atoms with E-state index < -0.39 is 6.10 Å². The number of methoxy groups -OCH3 is 1. The van der Waals surface area contributed by atoms with Crippen LogP contribution in [0.3, 0.4) is 0 Å². The minimum Gasteiger partial charge on any atom is -0.389 e. The van der Waals surface area contributed by atoms with Crippen LogP contribution in [-0.4, -0.2) is 37.4 Å². The average molecular weight is 328 g/mol. The number of benzene rings is 2. The molecule has 0 fully saturated rings. The van der Waals surface area contributed by atoms with E-state index in [0.29, 0.717) is 5.56 Å². The molecule has 0 heterocycles. The maximum absolute atomic E-state index is 12.4. The third kappa shape index (κ3) is 4.57. The largest absolute Gasteiger partial charge is 0.389 e. The molecule has 5 nitrogen and oxygen atoms in total. The number of amides is 1. The molecule has 0 bridgehead atoms. The molecule has 0 aliphatic rings. The number of nitrogens with one attached hydrogen (secondary N) is 2. The van der Waals surface area contributed by atoms with Crippen molar-refractivity contribution in [1.29, 1.82) is 0 Å². The summed E-state index contributed by atoms with van der Waals surface area (Å²) in [6.07, 6.45) is -0.724. The van der Waals surface area contributed by atoms with E-state index in [4.69, 9.17) is 4.74 Å². The Balaban J connectivity index is 2.15. The normalized spacial score (nSPS) is 11.8. The fourth-order valence-corrected chi connectivity index (χ4v) is 2.38. The minimum atomic E-state index is -0.724. The molecule has 2 rings (SSSR count). The van der Waals surface area contributed by atoms with Crippen molar-refractivity contribution in [3.05, 3.63) is 59.2 Å². The number of hydrogen-bond acceptors (Lipinski definition) is 4. The molecular formula is C19H24N2O3. The van der Waals surface area contributed by atoms with Gasteiger partial charge in [-0.15, -0.1) is 0 Å². The first-order valence-corrected chi connectivity index (χ1v) is 7.90. The number of aliphatic hydroxyl groups excluding tert-OH is 1. The molecule has 24 heavy (non-hydrogen) atoms. The van der Waals surface area contributed by atoms with E-state index in [0.717, 1.165) is 16.9 Å². The van der Waals surface area contributed by atoms with Crippen molar-refractivity contribution in [3.63, 3.8) is 0 Å². The highest BCUT2D eigenvalue weighted by molar-refractivity contribution is 6.00. The Bertz CT molecular complexity index is 701. The van der Waals surface area contributed by atoms with Crippen molar-refractivity contribution in [2.75, 3.05) is 25.6 Å². The Labute approximate surface area is 142 Å². The van der Waals surface area contributed by atoms with Gasteiger partial charge in [0.15, 0.2) is 0 Å². The second-order valence-corrected chi connectivity index (χ2v) is 5.74. The Morgan fingerprint density at radius 2 is 1.83 bits per heavy atom. The van der Waals surface area contributed by atoms with Crippen molar-refractivity contribution in [2.45, 2.75) is 20.0 Å². The number of carbonyl (C=O) groups excluding carboxylic acids is 1. The molecule has 1 unspecified atom stereocenters. The predicted molar refractivity (Wildman–Crippen MR) is 95.9 cm³/mol. The van der Waals surface area contributed by atoms with Crippen LogP contribution in [0, 0.1) is 13.8 Å². The van der Waals surface area contributed by atoms with Gasteiger partial charge in [0.2, 0.25) is 0 Å². The van der Waals surface area contributed by atoms with Gasteiger partial charge in [-0.05, 0) is 43.2 Å². The molecule has 128 valence electrons. The van der Waals surface area contributed by atoms with Crippen molar-refractivity contribution in [3.8, 4) is 0 Å². The van der Waals surface area contributed by atoms with E-state index in [1.807, 2.05) is 37.3 Å². The maximum atomic E-state index is 12.4. The molecule has 0 aliphatic heterocycles. The standard InChI is InChI=1S/C19H24N2O3/c1-13-7-6-10-17(14(13)2)21-18-9-5-4-8-16(18)19(23)20-11-15(22)12-24-3/h4-10,15,21-22H,11-12H2,1-3H3,(H,20,23). The zero-order valence-corrected chi connectivity index (χ0v) is 14.3. The van der Waals surface area contributed by atoms with Gasteiger partial charge in [0.05, 0.1) is 24.0 Å². The highest BCUT2D eigenvalue weighted by atomic mass is 16.5. The number of aliphatic hydroxyl groups is 1. The zero-order valence-electron chi connectivity index (χ0n) is 14.3. The Kier molecular flexibility index (Phi) is 6.35. The van der Waals surface area contributed by atoms with Crippen LogP contribution >= 0.6 is 0 Å². The summed E-state index contributed by atoms with van der Waals surface area (Å²) >= 11 is 0. The van der Waals surface area contributed by atoms with E-state index in [1.165, 1.54) is 12.7 Å². The number of anilines is 2. The number of carbonyl (C=O) groups is 1. The van der Waals surface area contributed by atoms with Gasteiger partial charge in [0.25, 0.3) is 5.91 Å². The molecular weight excluding hydrogens is 304 g/mol. The molecule has 2 aromatic rings. The lowest BCUT2D eigenvalue weighted by Crippen LogP contribution is -2.34. The number of para-hydroxylation sites is 1. The van der Waals surface area contributed by atoms with Gasteiger partial charge in [-0.25, -0.2) is 0 Å². The van der Waals surface area contributed by atoms with E-state index in [9.17, 15) is 9.90 Å². The van der Waals surface area contributed by atoms with E-state index in [1.54, 1.807) is 6.07 Å². The quantitative estimate of drug-likeness (QED) is 0.731. The summed E-state index contributed by atoms with van der Waals surface area (Å²) in [5.74, 6) is -0.237. The van der Waals surface area contributed by atoms with Gasteiger partial charge in [0, 0.05) is 19.3 Å². The van der Waals surface area contributed by atoms with Crippen LogP contribution in [0.1, 0.15) is 21.5 Å². The molecule has 2 aromatic carbocycles. The molecule has 0 aromatic heterocycles. The number of aryl methyl sites for hydroxylation is 1. The second-order valence-electron chi connectivity index (χ2n) is 5.74. The van der Waals surface area contributed by atoms with E-state index in [2.05, 4.69) is 23.6 Å². The third-order valence-corrected chi connectivity index (χ3v) is 3.90. The highest BCUT2D eigenvalue weighted by Gasteiger charge is 2.13. The molecule has 0 spiro atoms. The van der Waals surface area contributed by atoms with Crippen molar-refractivity contribution in [1.82, 2.24) is 5.32 Å². The van der Waals surface area contributed by atoms with Gasteiger partial charge in [-0.2, -0.15) is 0 Å². The first-order valence-electron chi connectivity index (χ1n) is 7.90. The van der Waals surface area contributed by atoms with Crippen LogP contribution in [0.5, 0.6) is 0 Å². The topological polar surface area (TPSA) is 70.6 Å². The average Bonchev–Trinajstić information content (AvgIpc) is 2.57. The Hall–Kier alpha value is -2.37. The third-order valence-electron chi connectivity index (χ3n) is 3.90. The monoisotopic (exact) mass is 328 g/mol. The lowest BCUT2D eigenvalue weighted by Gasteiger charge is -2.16. The maximum Gasteiger partial charge on any atom is 0.253 e. The van der Waals surface area contributed by atoms with Crippen LogP contribution in [0.2, 0.25) is 0 Å². The Morgan fingerprint density at radius 3 is 2.58 bits per heavy atom. The van der Waals surface area contributed by atoms with Crippen LogP contribution < -0.4 is 10.6 Å². The number of hydrogen-bond donors (Lipinski definition) is 3. The highest BCUT2D eigenvalue weighted by Crippen LogP contribution is 2.25. The number of rotatable bonds is 7. The molecule has 3 N–H and O–H groups in total. The molecule has 1 atom stereocenters. The van der Waals surface area contributed by atoms with Crippen molar-refractivity contribution < 1.29 is 14.6 Å². The predicted octanol–water partition coefficient (Wildman–Crippen LogP) is 2.78. The minimum absolute atomic E-state index is 0.143. The fraction of sp³-hybridized carbons (Fsp3) is 0.316. The summed E-state index contributed by atoms with van der Waals surface area (Å²) in [6, 6.07) is 13.3.